The van der Waals surface area contributed by atoms with Gasteiger partial charge in [0.15, 0.2) is 0 Å². The lowest BCUT2D eigenvalue weighted by molar-refractivity contribution is 0.316. The zero-order chi connectivity index (χ0) is 7.56. The van der Waals surface area contributed by atoms with E-state index in [-0.39, 0.29) is 0 Å². The van der Waals surface area contributed by atoms with Crippen LogP contribution in [0.5, 0.6) is 0 Å². The van der Waals surface area contributed by atoms with E-state index < -0.39 is 7.12 Å². The summed E-state index contributed by atoms with van der Waals surface area (Å²) in [6.45, 7) is 7.61. The molecule has 1 fully saturated rings. The fourth-order valence-electron chi connectivity index (χ4n) is 0.818. The summed E-state index contributed by atoms with van der Waals surface area (Å²) in [4.78, 5) is 0. The van der Waals surface area contributed by atoms with Crippen LogP contribution in [0.3, 0.4) is 0 Å². The van der Waals surface area contributed by atoms with Crippen molar-refractivity contribution in [2.45, 2.75) is 0 Å². The molecule has 2 nitrogen and oxygen atoms in total. The van der Waals surface area contributed by atoms with Crippen molar-refractivity contribution in [3.8, 4) is 0 Å². The molecule has 1 heterocycles. The quantitative estimate of drug-likeness (QED) is 0.537. The van der Waals surface area contributed by atoms with Gasteiger partial charge in [0, 0.05) is 0 Å². The van der Waals surface area contributed by atoms with Gasteiger partial charge in [0.25, 0.3) is 0 Å². The molecule has 0 aromatic rings. The zero-order valence-corrected chi connectivity index (χ0v) is 5.71. The predicted octanol–water partition coefficient (Wildman–Crippen LogP) is 0.705. The van der Waals surface area contributed by atoms with Crippen molar-refractivity contribution in [3.63, 3.8) is 0 Å². The van der Waals surface area contributed by atoms with Crippen molar-refractivity contribution in [3.05, 3.63) is 36.4 Å². The van der Waals surface area contributed by atoms with Crippen molar-refractivity contribution in [1.82, 2.24) is 0 Å². The van der Waals surface area contributed by atoms with Gasteiger partial charge in [-0.2, -0.15) is 0 Å². The van der Waals surface area contributed by atoms with Crippen LogP contribution in [-0.2, 0) is 4.65 Å². The van der Waals surface area contributed by atoms with E-state index in [9.17, 15) is 0 Å². The molecule has 0 unspecified atom stereocenters. The van der Waals surface area contributed by atoms with Gasteiger partial charge in [-0.1, -0.05) is 25.3 Å². The minimum absolute atomic E-state index is 0.437. The van der Waals surface area contributed by atoms with E-state index in [1.165, 1.54) is 0 Å². The monoisotopic (exact) mass is 136 g/mol. The van der Waals surface area contributed by atoms with Crippen molar-refractivity contribution in [1.29, 1.82) is 0 Å². The Balaban J connectivity index is 2.75. The normalized spacial score (nSPS) is 22.3. The molecule has 0 spiro atoms. The molecule has 3 heteroatoms. The van der Waals surface area contributed by atoms with Gasteiger partial charge in [0.05, 0.1) is 6.61 Å². The standard InChI is InChI=1S/C7H9BO2/c1-3-4-7-5-10-8(9)6(7)2/h3-4,9H,1-2,5H2/b7-4-. The molecular formula is C7H9BO2. The third-order valence-electron chi connectivity index (χ3n) is 1.43. The molecule has 1 rings (SSSR count). The number of hydrogen-bond acceptors (Lipinski definition) is 2. The number of hydrogen-bond donors (Lipinski definition) is 1. The van der Waals surface area contributed by atoms with Gasteiger partial charge in [-0.05, 0) is 11.0 Å². The van der Waals surface area contributed by atoms with Crippen LogP contribution in [-0.4, -0.2) is 18.7 Å². The van der Waals surface area contributed by atoms with Crippen LogP contribution in [0, 0.1) is 0 Å². The Morgan fingerprint density at radius 1 is 1.70 bits per heavy atom. The molecule has 10 heavy (non-hydrogen) atoms. The second-order valence-corrected chi connectivity index (χ2v) is 2.12. The molecule has 1 aliphatic rings. The maximum atomic E-state index is 9.00. The molecule has 0 aromatic heterocycles. The van der Waals surface area contributed by atoms with E-state index in [0.29, 0.717) is 12.1 Å². The first kappa shape index (κ1) is 7.31. The molecule has 0 aliphatic carbocycles. The van der Waals surface area contributed by atoms with Crippen molar-refractivity contribution in [2.75, 3.05) is 6.61 Å². The summed E-state index contributed by atoms with van der Waals surface area (Å²) in [6.07, 6.45) is 3.44. The highest BCUT2D eigenvalue weighted by atomic mass is 16.5. The fraction of sp³-hybridized carbons (Fsp3) is 0.143. The SMILES string of the molecule is C=C/C=C1/COB(O)C1=C. The molecule has 0 atom stereocenters. The summed E-state index contributed by atoms with van der Waals surface area (Å²) in [7, 11) is -0.814. The highest BCUT2D eigenvalue weighted by Gasteiger charge is 2.27. The predicted molar refractivity (Wildman–Crippen MR) is 41.3 cm³/mol. The Bertz CT molecular complexity index is 196. The third-order valence-corrected chi connectivity index (χ3v) is 1.43. The van der Waals surface area contributed by atoms with E-state index in [4.69, 9.17) is 9.68 Å². The molecule has 0 radical (unpaired) electrons. The summed E-state index contributed by atoms with van der Waals surface area (Å²) in [5.74, 6) is 0. The number of rotatable bonds is 1. The highest BCUT2D eigenvalue weighted by molar-refractivity contribution is 6.54. The third kappa shape index (κ3) is 1.20. The van der Waals surface area contributed by atoms with Gasteiger partial charge in [-0.15, -0.1) is 0 Å². The van der Waals surface area contributed by atoms with E-state index in [2.05, 4.69) is 13.2 Å². The molecule has 52 valence electrons. The molecule has 0 aromatic carbocycles. The summed E-state index contributed by atoms with van der Waals surface area (Å²) in [5.41, 5.74) is 1.56. The second kappa shape index (κ2) is 2.86. The molecule has 1 N–H and O–H groups in total. The Kier molecular flexibility index (Phi) is 2.09. The lowest BCUT2D eigenvalue weighted by Gasteiger charge is -1.91. The van der Waals surface area contributed by atoms with Gasteiger partial charge in [0.1, 0.15) is 0 Å². The summed E-state index contributed by atoms with van der Waals surface area (Å²) < 4.78 is 4.87. The first-order valence-corrected chi connectivity index (χ1v) is 3.06. The number of allylic oxidation sites excluding steroid dienone is 2. The molecule has 0 saturated carbocycles. The first-order valence-electron chi connectivity index (χ1n) is 3.06. The van der Waals surface area contributed by atoms with Gasteiger partial charge < -0.3 is 9.68 Å². The largest absolute Gasteiger partial charge is 0.491 e. The van der Waals surface area contributed by atoms with Crippen LogP contribution in [0.15, 0.2) is 36.4 Å². The van der Waals surface area contributed by atoms with E-state index in [1.807, 2.05) is 0 Å². The average Bonchev–Trinajstić information content (AvgIpc) is 2.20. The van der Waals surface area contributed by atoms with Gasteiger partial charge in [0.2, 0.25) is 0 Å². The minimum atomic E-state index is -0.814. The Morgan fingerprint density at radius 2 is 2.40 bits per heavy atom. The second-order valence-electron chi connectivity index (χ2n) is 2.12. The highest BCUT2D eigenvalue weighted by Crippen LogP contribution is 2.18. The molecule has 0 bridgehead atoms. The van der Waals surface area contributed by atoms with E-state index >= 15 is 0 Å². The van der Waals surface area contributed by atoms with Gasteiger partial charge in [-0.25, -0.2) is 0 Å². The van der Waals surface area contributed by atoms with Crippen LogP contribution in [0.2, 0.25) is 0 Å². The van der Waals surface area contributed by atoms with Crippen LogP contribution in [0.4, 0.5) is 0 Å². The lowest BCUT2D eigenvalue weighted by atomic mass is 9.79. The summed E-state index contributed by atoms with van der Waals surface area (Å²) in [5, 5.41) is 9.00. The van der Waals surface area contributed by atoms with Crippen LogP contribution < -0.4 is 0 Å². The first-order chi connectivity index (χ1) is 4.75. The molecule has 1 aliphatic heterocycles. The van der Waals surface area contributed by atoms with Gasteiger partial charge in [-0.3, -0.25) is 0 Å². The van der Waals surface area contributed by atoms with Crippen LogP contribution in [0.1, 0.15) is 0 Å². The van der Waals surface area contributed by atoms with Crippen molar-refractivity contribution >= 4 is 7.12 Å². The topological polar surface area (TPSA) is 29.5 Å². The van der Waals surface area contributed by atoms with Crippen molar-refractivity contribution < 1.29 is 9.68 Å². The maximum Gasteiger partial charge on any atom is 0.491 e. The Morgan fingerprint density at radius 3 is 2.80 bits per heavy atom. The lowest BCUT2D eigenvalue weighted by Crippen LogP contribution is -2.11. The average molecular weight is 136 g/mol. The van der Waals surface area contributed by atoms with E-state index in [0.717, 1.165) is 5.57 Å². The molecule has 1 saturated heterocycles. The van der Waals surface area contributed by atoms with Crippen molar-refractivity contribution in [2.24, 2.45) is 0 Å². The van der Waals surface area contributed by atoms with E-state index in [1.54, 1.807) is 12.2 Å². The van der Waals surface area contributed by atoms with Gasteiger partial charge >= 0.3 is 7.12 Å². The molecular weight excluding hydrogens is 127 g/mol. The molecule has 0 amide bonds. The maximum absolute atomic E-state index is 9.00. The minimum Gasteiger partial charge on any atom is -0.423 e. The zero-order valence-electron chi connectivity index (χ0n) is 5.71. The summed E-state index contributed by atoms with van der Waals surface area (Å²) >= 11 is 0. The summed E-state index contributed by atoms with van der Waals surface area (Å²) in [6, 6.07) is 0. The Hall–Kier alpha value is -0.795. The fourth-order valence-corrected chi connectivity index (χ4v) is 0.818. The van der Waals surface area contributed by atoms with Crippen LogP contribution >= 0.6 is 0 Å². The van der Waals surface area contributed by atoms with Crippen LogP contribution in [0.25, 0.3) is 0 Å². The Labute approximate surface area is 60.7 Å². The smallest absolute Gasteiger partial charge is 0.423 e.